The van der Waals surface area contributed by atoms with Crippen LogP contribution in [0.3, 0.4) is 0 Å². The molecular formula is C22H29NO6. The second kappa shape index (κ2) is 6.67. The minimum absolute atomic E-state index is 0.176. The number of carboxylic acid groups (broad SMARTS) is 1. The second-order valence-electron chi connectivity index (χ2n) is 9.35. The summed E-state index contributed by atoms with van der Waals surface area (Å²) in [7, 11) is 0. The first-order valence-corrected chi connectivity index (χ1v) is 10.6. The molecule has 158 valence electrons. The topological polar surface area (TPSA) is 86.3 Å². The van der Waals surface area contributed by atoms with Gasteiger partial charge < -0.3 is 19.9 Å². The fraction of sp³-hybridized carbons (Fsp3) is 0.682. The second-order valence-corrected chi connectivity index (χ2v) is 9.35. The van der Waals surface area contributed by atoms with Crippen LogP contribution in [0.1, 0.15) is 56.8 Å². The lowest BCUT2D eigenvalue weighted by molar-refractivity contribution is -0.570. The number of nitrogens with one attached hydrogen (secondary N) is 1. The molecule has 6 rings (SSSR count). The highest BCUT2D eigenvalue weighted by atomic mass is 17.3. The van der Waals surface area contributed by atoms with Crippen LogP contribution in [0.4, 0.5) is 5.69 Å². The quantitative estimate of drug-likeness (QED) is 0.738. The molecule has 1 unspecified atom stereocenters. The van der Waals surface area contributed by atoms with Gasteiger partial charge in [0.2, 0.25) is 5.79 Å². The SMILES string of the molecule is C[C@@H]1CC[C@H]2[C@@H](C)C(Nc3ccc(C(=O)O)cc3)O[C@@H]3O[C@]4(C)CC[C@@H]1[C@]32OO4. The maximum absolute atomic E-state index is 11.1. The van der Waals surface area contributed by atoms with E-state index in [0.717, 1.165) is 31.4 Å². The zero-order chi connectivity index (χ0) is 20.4. The summed E-state index contributed by atoms with van der Waals surface area (Å²) in [5, 5.41) is 12.6. The smallest absolute Gasteiger partial charge is 0.335 e. The van der Waals surface area contributed by atoms with Gasteiger partial charge in [0, 0.05) is 23.9 Å². The molecule has 29 heavy (non-hydrogen) atoms. The lowest BCUT2D eigenvalue weighted by Gasteiger charge is -2.60. The monoisotopic (exact) mass is 403 g/mol. The molecule has 7 nitrogen and oxygen atoms in total. The average Bonchev–Trinajstić information content (AvgIpc) is 2.92. The van der Waals surface area contributed by atoms with Crippen LogP contribution in [-0.2, 0) is 19.2 Å². The summed E-state index contributed by atoms with van der Waals surface area (Å²) in [5.74, 6) is -0.419. The molecule has 7 heteroatoms. The van der Waals surface area contributed by atoms with Crippen molar-refractivity contribution in [2.24, 2.45) is 23.7 Å². The van der Waals surface area contributed by atoms with Crippen molar-refractivity contribution >= 4 is 11.7 Å². The van der Waals surface area contributed by atoms with Crippen molar-refractivity contribution in [3.63, 3.8) is 0 Å². The molecule has 0 aromatic heterocycles. The van der Waals surface area contributed by atoms with Gasteiger partial charge in [-0.05, 0) is 62.3 Å². The zero-order valence-corrected chi connectivity index (χ0v) is 17.1. The third kappa shape index (κ3) is 2.90. The van der Waals surface area contributed by atoms with Gasteiger partial charge in [-0.3, -0.25) is 0 Å². The maximum Gasteiger partial charge on any atom is 0.335 e. The fourth-order valence-electron chi connectivity index (χ4n) is 5.94. The highest BCUT2D eigenvalue weighted by Gasteiger charge is 2.69. The van der Waals surface area contributed by atoms with E-state index in [1.165, 1.54) is 0 Å². The number of ether oxygens (including phenoxy) is 2. The van der Waals surface area contributed by atoms with E-state index in [1.807, 2.05) is 6.92 Å². The fourth-order valence-corrected chi connectivity index (χ4v) is 5.94. The number of anilines is 1. The Balaban J connectivity index is 1.44. The van der Waals surface area contributed by atoms with E-state index in [1.54, 1.807) is 24.3 Å². The predicted molar refractivity (Wildman–Crippen MR) is 104 cm³/mol. The number of fused-ring (bicyclic) bond motifs is 2. The lowest BCUT2D eigenvalue weighted by atomic mass is 9.58. The van der Waals surface area contributed by atoms with E-state index in [-0.39, 0.29) is 23.6 Å². The van der Waals surface area contributed by atoms with Crippen molar-refractivity contribution in [1.29, 1.82) is 0 Å². The summed E-state index contributed by atoms with van der Waals surface area (Å²) in [6.07, 6.45) is 3.25. The van der Waals surface area contributed by atoms with Crippen LogP contribution in [0.25, 0.3) is 0 Å². The lowest BCUT2D eigenvalue weighted by Crippen LogP contribution is -2.71. The van der Waals surface area contributed by atoms with E-state index in [9.17, 15) is 4.79 Å². The summed E-state index contributed by atoms with van der Waals surface area (Å²) in [5.41, 5.74) is 0.517. The number of hydrogen-bond donors (Lipinski definition) is 2. The summed E-state index contributed by atoms with van der Waals surface area (Å²) in [6.45, 7) is 6.41. The van der Waals surface area contributed by atoms with E-state index < -0.39 is 23.6 Å². The van der Waals surface area contributed by atoms with Crippen LogP contribution in [0, 0.1) is 23.7 Å². The van der Waals surface area contributed by atoms with Crippen molar-refractivity contribution in [2.45, 2.75) is 70.4 Å². The third-order valence-corrected chi connectivity index (χ3v) is 7.60. The molecule has 0 amide bonds. The van der Waals surface area contributed by atoms with E-state index in [0.29, 0.717) is 11.8 Å². The normalized spacial score (nSPS) is 45.9. The Kier molecular flexibility index (Phi) is 4.44. The summed E-state index contributed by atoms with van der Waals surface area (Å²) >= 11 is 0. The number of aromatic carboxylic acids is 1. The average molecular weight is 403 g/mol. The zero-order valence-electron chi connectivity index (χ0n) is 17.1. The van der Waals surface area contributed by atoms with Crippen LogP contribution in [0.5, 0.6) is 0 Å². The molecule has 2 N–H and O–H groups in total. The molecule has 1 aliphatic carbocycles. The predicted octanol–water partition coefficient (Wildman–Crippen LogP) is 4.00. The van der Waals surface area contributed by atoms with Crippen molar-refractivity contribution in [3.8, 4) is 0 Å². The Morgan fingerprint density at radius 3 is 2.59 bits per heavy atom. The molecule has 5 fully saturated rings. The minimum atomic E-state index is -0.934. The van der Waals surface area contributed by atoms with Gasteiger partial charge in [0.05, 0.1) is 5.56 Å². The van der Waals surface area contributed by atoms with Gasteiger partial charge in [-0.2, -0.15) is 0 Å². The molecule has 2 bridgehead atoms. The Bertz CT molecular complexity index is 799. The number of carboxylic acids is 1. The van der Waals surface area contributed by atoms with Gasteiger partial charge in [0.25, 0.3) is 0 Å². The molecule has 0 radical (unpaired) electrons. The maximum atomic E-state index is 11.1. The van der Waals surface area contributed by atoms with Crippen LogP contribution in [0.15, 0.2) is 24.3 Å². The van der Waals surface area contributed by atoms with Crippen molar-refractivity contribution in [3.05, 3.63) is 29.8 Å². The number of carbonyl (C=O) groups is 1. The molecular weight excluding hydrogens is 374 g/mol. The van der Waals surface area contributed by atoms with Gasteiger partial charge in [0.1, 0.15) is 6.23 Å². The first-order valence-electron chi connectivity index (χ1n) is 10.6. The number of benzene rings is 1. The summed E-state index contributed by atoms with van der Waals surface area (Å²) in [6, 6.07) is 6.74. The van der Waals surface area contributed by atoms with Crippen molar-refractivity contribution in [2.75, 3.05) is 5.32 Å². The third-order valence-electron chi connectivity index (χ3n) is 7.60. The molecule has 1 saturated carbocycles. The molecule has 4 saturated heterocycles. The van der Waals surface area contributed by atoms with E-state index in [2.05, 4.69) is 19.2 Å². The molecule has 1 spiro atoms. The summed E-state index contributed by atoms with van der Waals surface area (Å²) < 4.78 is 12.8. The Morgan fingerprint density at radius 2 is 1.86 bits per heavy atom. The summed E-state index contributed by atoms with van der Waals surface area (Å²) in [4.78, 5) is 23.1. The first-order chi connectivity index (χ1) is 13.8. The van der Waals surface area contributed by atoms with Gasteiger partial charge in [-0.25, -0.2) is 14.6 Å². The molecule has 1 aromatic carbocycles. The van der Waals surface area contributed by atoms with Gasteiger partial charge in [0.15, 0.2) is 11.9 Å². The molecule has 4 aliphatic heterocycles. The van der Waals surface area contributed by atoms with Crippen molar-refractivity contribution < 1.29 is 29.1 Å². The van der Waals surface area contributed by atoms with Gasteiger partial charge in [-0.1, -0.05) is 13.8 Å². The number of rotatable bonds is 3. The Labute approximate surface area is 170 Å². The largest absolute Gasteiger partial charge is 0.478 e. The van der Waals surface area contributed by atoms with E-state index >= 15 is 0 Å². The molecule has 4 heterocycles. The van der Waals surface area contributed by atoms with Gasteiger partial charge in [-0.15, -0.1) is 0 Å². The van der Waals surface area contributed by atoms with Crippen LogP contribution in [-0.4, -0.2) is 35.0 Å². The van der Waals surface area contributed by atoms with Gasteiger partial charge >= 0.3 is 5.97 Å². The molecule has 5 aliphatic rings. The van der Waals surface area contributed by atoms with Crippen molar-refractivity contribution in [1.82, 2.24) is 0 Å². The standard InChI is InChI=1S/C22H29NO6/c1-12-4-9-17-13(2)18(23-15-7-5-14(6-8-15)19(24)25)26-20-22(17)16(12)10-11-21(3,27-20)28-29-22/h5-8,12-13,16-18,20,23H,4,9-11H2,1-3H3,(H,24,25)/t12-,13-,16+,17+,18?,20-,21+,22-/m1/s1. The van der Waals surface area contributed by atoms with Crippen LogP contribution in [0.2, 0.25) is 0 Å². The number of hydrogen-bond acceptors (Lipinski definition) is 6. The highest BCUT2D eigenvalue weighted by Crippen LogP contribution is 2.60. The minimum Gasteiger partial charge on any atom is -0.478 e. The first kappa shape index (κ1) is 19.3. The Morgan fingerprint density at radius 1 is 1.10 bits per heavy atom. The van der Waals surface area contributed by atoms with E-state index in [4.69, 9.17) is 24.4 Å². The Hall–Kier alpha value is -1.67. The highest BCUT2D eigenvalue weighted by molar-refractivity contribution is 5.88. The molecule has 1 aromatic rings. The molecule has 8 atom stereocenters. The van der Waals surface area contributed by atoms with Crippen LogP contribution < -0.4 is 5.32 Å². The van der Waals surface area contributed by atoms with Crippen LogP contribution >= 0.6 is 0 Å².